The van der Waals surface area contributed by atoms with Gasteiger partial charge in [0.25, 0.3) is 5.91 Å². The molecule has 0 bridgehead atoms. The standard InChI is InChI=1S/C8H14F2N2O/c1-5-2-3-12(4-6(5)11)8(13)7(9)10/h5-7H,2-4,11H2,1H3. The number of hydrogen-bond donors (Lipinski definition) is 1. The van der Waals surface area contributed by atoms with E-state index in [-0.39, 0.29) is 12.6 Å². The molecule has 0 aliphatic carbocycles. The van der Waals surface area contributed by atoms with Gasteiger partial charge in [0.15, 0.2) is 0 Å². The number of hydrogen-bond acceptors (Lipinski definition) is 2. The van der Waals surface area contributed by atoms with Crippen molar-refractivity contribution in [2.45, 2.75) is 25.8 Å². The monoisotopic (exact) mass is 192 g/mol. The van der Waals surface area contributed by atoms with Gasteiger partial charge in [-0.1, -0.05) is 6.92 Å². The summed E-state index contributed by atoms with van der Waals surface area (Å²) in [6.45, 7) is 2.62. The fourth-order valence-electron chi connectivity index (χ4n) is 1.44. The highest BCUT2D eigenvalue weighted by Crippen LogP contribution is 2.16. The van der Waals surface area contributed by atoms with Crippen molar-refractivity contribution in [1.29, 1.82) is 0 Å². The van der Waals surface area contributed by atoms with Crippen molar-refractivity contribution < 1.29 is 13.6 Å². The van der Waals surface area contributed by atoms with Crippen LogP contribution in [0.3, 0.4) is 0 Å². The van der Waals surface area contributed by atoms with E-state index in [0.717, 1.165) is 4.90 Å². The van der Waals surface area contributed by atoms with Crippen LogP contribution in [0, 0.1) is 5.92 Å². The number of amides is 1. The first-order chi connectivity index (χ1) is 6.02. The van der Waals surface area contributed by atoms with Crippen LogP contribution in [0.15, 0.2) is 0 Å². The van der Waals surface area contributed by atoms with E-state index < -0.39 is 12.3 Å². The van der Waals surface area contributed by atoms with Crippen molar-refractivity contribution in [3.63, 3.8) is 0 Å². The maximum Gasteiger partial charge on any atom is 0.315 e. The lowest BCUT2D eigenvalue weighted by Crippen LogP contribution is -2.51. The molecule has 5 heteroatoms. The molecule has 1 saturated heterocycles. The summed E-state index contributed by atoms with van der Waals surface area (Å²) in [4.78, 5) is 12.0. The SMILES string of the molecule is CC1CCN(C(=O)C(F)F)CC1N. The summed E-state index contributed by atoms with van der Waals surface area (Å²) < 4.78 is 24.0. The van der Waals surface area contributed by atoms with Crippen LogP contribution in [0.4, 0.5) is 8.78 Å². The summed E-state index contributed by atoms with van der Waals surface area (Å²) in [6.07, 6.45) is -2.19. The van der Waals surface area contributed by atoms with Crippen molar-refractivity contribution in [2.24, 2.45) is 11.7 Å². The Kier molecular flexibility index (Phi) is 3.19. The Labute approximate surface area is 75.9 Å². The highest BCUT2D eigenvalue weighted by atomic mass is 19.3. The van der Waals surface area contributed by atoms with Crippen molar-refractivity contribution in [3.05, 3.63) is 0 Å². The molecule has 1 amide bonds. The highest BCUT2D eigenvalue weighted by molar-refractivity contribution is 5.79. The van der Waals surface area contributed by atoms with Crippen LogP contribution in [0.1, 0.15) is 13.3 Å². The molecule has 1 aliphatic heterocycles. The zero-order valence-corrected chi connectivity index (χ0v) is 7.54. The molecular weight excluding hydrogens is 178 g/mol. The molecule has 0 aromatic carbocycles. The zero-order valence-electron chi connectivity index (χ0n) is 7.54. The summed E-state index contributed by atoms with van der Waals surface area (Å²) in [5, 5.41) is 0. The van der Waals surface area contributed by atoms with Gasteiger partial charge in [-0.3, -0.25) is 4.79 Å². The molecule has 1 fully saturated rings. The maximum atomic E-state index is 12.0. The van der Waals surface area contributed by atoms with E-state index in [9.17, 15) is 13.6 Å². The van der Waals surface area contributed by atoms with E-state index in [0.29, 0.717) is 18.9 Å². The smallest absolute Gasteiger partial charge is 0.315 e. The van der Waals surface area contributed by atoms with Crippen LogP contribution in [-0.2, 0) is 4.79 Å². The van der Waals surface area contributed by atoms with Crippen LogP contribution >= 0.6 is 0 Å². The second-order valence-corrected chi connectivity index (χ2v) is 3.51. The van der Waals surface area contributed by atoms with Crippen LogP contribution < -0.4 is 5.73 Å². The average Bonchev–Trinajstić information content (AvgIpc) is 2.08. The first-order valence-electron chi connectivity index (χ1n) is 4.35. The maximum absolute atomic E-state index is 12.0. The van der Waals surface area contributed by atoms with E-state index in [2.05, 4.69) is 0 Å². The van der Waals surface area contributed by atoms with Crippen LogP contribution in [0.2, 0.25) is 0 Å². The topological polar surface area (TPSA) is 46.3 Å². The van der Waals surface area contributed by atoms with E-state index >= 15 is 0 Å². The summed E-state index contributed by atoms with van der Waals surface area (Å²) >= 11 is 0. The summed E-state index contributed by atoms with van der Waals surface area (Å²) in [6, 6.07) is -0.170. The predicted octanol–water partition coefficient (Wildman–Crippen LogP) is 0.447. The van der Waals surface area contributed by atoms with Crippen molar-refractivity contribution in [2.75, 3.05) is 13.1 Å². The van der Waals surface area contributed by atoms with Crippen molar-refractivity contribution >= 4 is 5.91 Å². The number of rotatable bonds is 1. The number of piperidine rings is 1. The molecule has 0 aromatic heterocycles. The Hall–Kier alpha value is -0.710. The number of alkyl halides is 2. The molecule has 0 saturated carbocycles. The van der Waals surface area contributed by atoms with Crippen LogP contribution in [0.25, 0.3) is 0 Å². The van der Waals surface area contributed by atoms with E-state index in [1.54, 1.807) is 0 Å². The molecule has 13 heavy (non-hydrogen) atoms. The van der Waals surface area contributed by atoms with Crippen molar-refractivity contribution in [1.82, 2.24) is 4.90 Å². The molecule has 2 unspecified atom stereocenters. The van der Waals surface area contributed by atoms with Gasteiger partial charge in [-0.15, -0.1) is 0 Å². The number of nitrogens with zero attached hydrogens (tertiary/aromatic N) is 1. The van der Waals surface area contributed by atoms with Gasteiger partial charge in [0.1, 0.15) is 0 Å². The second-order valence-electron chi connectivity index (χ2n) is 3.51. The molecular formula is C8H14F2N2O. The van der Waals surface area contributed by atoms with Gasteiger partial charge in [0.05, 0.1) is 0 Å². The Morgan fingerprint density at radius 1 is 1.62 bits per heavy atom. The molecule has 2 atom stereocenters. The third-order valence-corrected chi connectivity index (χ3v) is 2.51. The summed E-state index contributed by atoms with van der Waals surface area (Å²) in [7, 11) is 0. The first-order valence-corrected chi connectivity index (χ1v) is 4.35. The first kappa shape index (κ1) is 10.4. The third-order valence-electron chi connectivity index (χ3n) is 2.51. The molecule has 1 heterocycles. The molecule has 76 valence electrons. The van der Waals surface area contributed by atoms with Crippen LogP contribution in [-0.4, -0.2) is 36.4 Å². The summed E-state index contributed by atoms with van der Waals surface area (Å²) in [5.74, 6) is -0.788. The lowest BCUT2D eigenvalue weighted by Gasteiger charge is -2.34. The molecule has 2 N–H and O–H groups in total. The normalized spacial score (nSPS) is 29.5. The molecule has 0 radical (unpaired) electrons. The van der Waals surface area contributed by atoms with Gasteiger partial charge in [0, 0.05) is 19.1 Å². The molecule has 0 spiro atoms. The highest BCUT2D eigenvalue weighted by Gasteiger charge is 2.30. The Morgan fingerprint density at radius 2 is 2.23 bits per heavy atom. The average molecular weight is 192 g/mol. The van der Waals surface area contributed by atoms with Gasteiger partial charge in [-0.05, 0) is 12.3 Å². The predicted molar refractivity (Wildman–Crippen MR) is 44.3 cm³/mol. The van der Waals surface area contributed by atoms with Crippen molar-refractivity contribution in [3.8, 4) is 0 Å². The third kappa shape index (κ3) is 2.37. The molecule has 1 rings (SSSR count). The minimum absolute atomic E-state index is 0.170. The van der Waals surface area contributed by atoms with E-state index in [4.69, 9.17) is 5.73 Å². The van der Waals surface area contributed by atoms with Gasteiger partial charge < -0.3 is 10.6 Å². The minimum atomic E-state index is -2.90. The molecule has 3 nitrogen and oxygen atoms in total. The number of halogens is 2. The van der Waals surface area contributed by atoms with E-state index in [1.165, 1.54) is 0 Å². The second kappa shape index (κ2) is 4.00. The number of likely N-dealkylation sites (tertiary alicyclic amines) is 1. The minimum Gasteiger partial charge on any atom is -0.336 e. The Bertz CT molecular complexity index is 199. The quantitative estimate of drug-likeness (QED) is 0.655. The lowest BCUT2D eigenvalue weighted by atomic mass is 9.94. The van der Waals surface area contributed by atoms with Gasteiger partial charge in [0.2, 0.25) is 0 Å². The number of nitrogens with two attached hydrogens (primary N) is 1. The van der Waals surface area contributed by atoms with Gasteiger partial charge in [-0.25, -0.2) is 0 Å². The molecule has 1 aliphatic rings. The lowest BCUT2D eigenvalue weighted by molar-refractivity contribution is -0.144. The van der Waals surface area contributed by atoms with Crippen LogP contribution in [0.5, 0.6) is 0 Å². The fraction of sp³-hybridized carbons (Fsp3) is 0.875. The number of carbonyl (C=O) groups excluding carboxylic acids is 1. The van der Waals surface area contributed by atoms with Gasteiger partial charge in [-0.2, -0.15) is 8.78 Å². The Morgan fingerprint density at radius 3 is 2.69 bits per heavy atom. The van der Waals surface area contributed by atoms with E-state index in [1.807, 2.05) is 6.92 Å². The Balaban J connectivity index is 2.50. The zero-order chi connectivity index (χ0) is 10.0. The summed E-state index contributed by atoms with van der Waals surface area (Å²) in [5.41, 5.74) is 5.67. The molecule has 0 aromatic rings. The van der Waals surface area contributed by atoms with Gasteiger partial charge >= 0.3 is 6.43 Å². The fourth-order valence-corrected chi connectivity index (χ4v) is 1.44. The largest absolute Gasteiger partial charge is 0.336 e. The number of carbonyl (C=O) groups is 1.